The molecule has 0 atom stereocenters. The van der Waals surface area contributed by atoms with E-state index in [0.29, 0.717) is 11.8 Å². The van der Waals surface area contributed by atoms with Gasteiger partial charge in [-0.15, -0.1) is 0 Å². The molecule has 0 radical (unpaired) electrons. The van der Waals surface area contributed by atoms with Gasteiger partial charge in [-0.2, -0.15) is 5.10 Å². The van der Waals surface area contributed by atoms with Gasteiger partial charge in [0.05, 0.1) is 5.52 Å². The molecule has 0 amide bonds. The largest absolute Gasteiger partial charge is 0.281 e. The molecule has 1 aromatic carbocycles. The number of nitrogens with one attached hydrogen (secondary N) is 1. The molecule has 2 aromatic rings. The van der Waals surface area contributed by atoms with Crippen LogP contribution >= 0.6 is 0 Å². The summed E-state index contributed by atoms with van der Waals surface area (Å²) in [6.07, 6.45) is 0. The van der Waals surface area contributed by atoms with Gasteiger partial charge in [0.15, 0.2) is 0 Å². The SMILES string of the molecule is CC(C)c1ccc2n[nH]c(C(C)C)c2c1.[HH]. The van der Waals surface area contributed by atoms with E-state index in [0.717, 1.165) is 5.52 Å². The second kappa shape index (κ2) is 3.69. The minimum Gasteiger partial charge on any atom is -0.281 e. The average Bonchev–Trinajstić information content (AvgIpc) is 2.59. The second-order valence-corrected chi connectivity index (χ2v) is 4.72. The number of nitrogens with zero attached hydrogens (tertiary/aromatic N) is 1. The van der Waals surface area contributed by atoms with Crippen LogP contribution in [-0.2, 0) is 0 Å². The Hall–Kier alpha value is -1.31. The van der Waals surface area contributed by atoms with Crippen LogP contribution in [0.4, 0.5) is 0 Å². The summed E-state index contributed by atoms with van der Waals surface area (Å²) < 4.78 is 0. The van der Waals surface area contributed by atoms with Gasteiger partial charge in [-0.25, -0.2) is 0 Å². The minimum absolute atomic E-state index is 0. The maximum atomic E-state index is 4.32. The topological polar surface area (TPSA) is 28.7 Å². The van der Waals surface area contributed by atoms with Crippen LogP contribution in [0.25, 0.3) is 10.9 Å². The van der Waals surface area contributed by atoms with E-state index in [9.17, 15) is 0 Å². The van der Waals surface area contributed by atoms with Crippen molar-refractivity contribution >= 4 is 10.9 Å². The van der Waals surface area contributed by atoms with Crippen molar-refractivity contribution < 1.29 is 1.43 Å². The molecule has 15 heavy (non-hydrogen) atoms. The molecule has 82 valence electrons. The number of aromatic amines is 1. The zero-order valence-electron chi connectivity index (χ0n) is 9.83. The first kappa shape index (κ1) is 10.2. The normalized spacial score (nSPS) is 11.9. The van der Waals surface area contributed by atoms with E-state index in [1.54, 1.807) is 0 Å². The van der Waals surface area contributed by atoms with Crippen molar-refractivity contribution in [2.45, 2.75) is 39.5 Å². The molecule has 0 aliphatic rings. The van der Waals surface area contributed by atoms with Crippen molar-refractivity contribution in [1.29, 1.82) is 0 Å². The van der Waals surface area contributed by atoms with Gasteiger partial charge >= 0.3 is 0 Å². The Morgan fingerprint density at radius 2 is 1.87 bits per heavy atom. The Kier molecular flexibility index (Phi) is 2.51. The van der Waals surface area contributed by atoms with E-state index in [1.807, 2.05) is 0 Å². The molecule has 0 unspecified atom stereocenters. The first-order chi connectivity index (χ1) is 7.09. The number of hydrogen-bond donors (Lipinski definition) is 1. The highest BCUT2D eigenvalue weighted by Gasteiger charge is 2.10. The lowest BCUT2D eigenvalue weighted by atomic mass is 9.99. The maximum absolute atomic E-state index is 4.32. The monoisotopic (exact) mass is 204 g/mol. The van der Waals surface area contributed by atoms with Crippen molar-refractivity contribution in [3.05, 3.63) is 29.5 Å². The van der Waals surface area contributed by atoms with Crippen LogP contribution in [0.3, 0.4) is 0 Å². The quantitative estimate of drug-likeness (QED) is 0.785. The number of H-pyrrole nitrogens is 1. The fourth-order valence-corrected chi connectivity index (χ4v) is 1.85. The van der Waals surface area contributed by atoms with Gasteiger partial charge in [-0.1, -0.05) is 33.8 Å². The molecule has 0 aliphatic carbocycles. The van der Waals surface area contributed by atoms with Crippen LogP contribution in [0.2, 0.25) is 0 Å². The van der Waals surface area contributed by atoms with Gasteiger partial charge in [-0.3, -0.25) is 5.10 Å². The van der Waals surface area contributed by atoms with Crippen molar-refractivity contribution in [2.75, 3.05) is 0 Å². The fourth-order valence-electron chi connectivity index (χ4n) is 1.85. The summed E-state index contributed by atoms with van der Waals surface area (Å²) in [4.78, 5) is 0. The lowest BCUT2D eigenvalue weighted by Gasteiger charge is -2.06. The summed E-state index contributed by atoms with van der Waals surface area (Å²) in [5.41, 5.74) is 3.70. The number of fused-ring (bicyclic) bond motifs is 1. The van der Waals surface area contributed by atoms with Gasteiger partial charge < -0.3 is 0 Å². The standard InChI is InChI=1S/C13H18N2.H2/c1-8(2)10-5-6-12-11(7-10)13(9(3)4)15-14-12;/h5-9H,1-4H3,(H,14,15);1H. The summed E-state index contributed by atoms with van der Waals surface area (Å²) in [5, 5.41) is 8.72. The third-order valence-electron chi connectivity index (χ3n) is 2.85. The Morgan fingerprint density at radius 1 is 1.13 bits per heavy atom. The zero-order valence-corrected chi connectivity index (χ0v) is 9.83. The summed E-state index contributed by atoms with van der Waals surface area (Å²) in [6, 6.07) is 6.53. The van der Waals surface area contributed by atoms with Gasteiger partial charge in [0.1, 0.15) is 0 Å². The Labute approximate surface area is 92.2 Å². The van der Waals surface area contributed by atoms with E-state index in [4.69, 9.17) is 0 Å². The van der Waals surface area contributed by atoms with Crippen LogP contribution < -0.4 is 0 Å². The van der Waals surface area contributed by atoms with Crippen molar-refractivity contribution in [1.82, 2.24) is 10.2 Å². The van der Waals surface area contributed by atoms with E-state index >= 15 is 0 Å². The number of rotatable bonds is 2. The first-order valence-electron chi connectivity index (χ1n) is 5.57. The van der Waals surface area contributed by atoms with Gasteiger partial charge in [0.2, 0.25) is 0 Å². The van der Waals surface area contributed by atoms with Gasteiger partial charge in [0.25, 0.3) is 0 Å². The summed E-state index contributed by atoms with van der Waals surface area (Å²) in [6.45, 7) is 8.82. The van der Waals surface area contributed by atoms with Crippen LogP contribution in [0.5, 0.6) is 0 Å². The lowest BCUT2D eigenvalue weighted by molar-refractivity contribution is 0.817. The zero-order chi connectivity index (χ0) is 11.0. The molecular weight excluding hydrogens is 184 g/mol. The molecule has 1 N–H and O–H groups in total. The van der Waals surface area contributed by atoms with Crippen molar-refractivity contribution in [3.8, 4) is 0 Å². The van der Waals surface area contributed by atoms with Crippen LogP contribution in [-0.4, -0.2) is 10.2 Å². The molecule has 1 heterocycles. The van der Waals surface area contributed by atoms with E-state index in [2.05, 4.69) is 56.1 Å². The fraction of sp³-hybridized carbons (Fsp3) is 0.462. The third-order valence-corrected chi connectivity index (χ3v) is 2.85. The van der Waals surface area contributed by atoms with Crippen LogP contribution in [0.15, 0.2) is 18.2 Å². The number of hydrogen-bond acceptors (Lipinski definition) is 1. The summed E-state index contributed by atoms with van der Waals surface area (Å²) in [5.74, 6) is 1.07. The van der Waals surface area contributed by atoms with Gasteiger partial charge in [0, 0.05) is 12.5 Å². The Bertz CT molecular complexity index is 472. The molecule has 0 saturated carbocycles. The van der Waals surface area contributed by atoms with Crippen LogP contribution in [0, 0.1) is 0 Å². The highest BCUT2D eigenvalue weighted by atomic mass is 15.1. The molecule has 2 nitrogen and oxygen atoms in total. The number of benzene rings is 1. The minimum atomic E-state index is 0. The molecule has 1 aromatic heterocycles. The highest BCUT2D eigenvalue weighted by Crippen LogP contribution is 2.26. The second-order valence-electron chi connectivity index (χ2n) is 4.72. The van der Waals surface area contributed by atoms with Crippen LogP contribution in [0.1, 0.15) is 52.2 Å². The molecule has 0 spiro atoms. The predicted molar refractivity (Wildman–Crippen MR) is 66.4 cm³/mol. The Morgan fingerprint density at radius 3 is 2.47 bits per heavy atom. The highest BCUT2D eigenvalue weighted by molar-refractivity contribution is 5.82. The molecule has 0 fully saturated rings. The molecule has 2 heteroatoms. The summed E-state index contributed by atoms with van der Waals surface area (Å²) >= 11 is 0. The first-order valence-corrected chi connectivity index (χ1v) is 5.57. The van der Waals surface area contributed by atoms with E-state index < -0.39 is 0 Å². The smallest absolute Gasteiger partial charge is 0.0924 e. The maximum Gasteiger partial charge on any atom is 0.0924 e. The predicted octanol–water partition coefficient (Wildman–Crippen LogP) is 4.06. The Balaban J connectivity index is 0.00000128. The molecular formula is C13H20N2. The molecule has 0 saturated heterocycles. The number of aromatic nitrogens is 2. The molecule has 0 aliphatic heterocycles. The van der Waals surface area contributed by atoms with Crippen molar-refractivity contribution in [3.63, 3.8) is 0 Å². The molecule has 0 bridgehead atoms. The third kappa shape index (κ3) is 1.76. The van der Waals surface area contributed by atoms with Gasteiger partial charge in [-0.05, 0) is 29.5 Å². The summed E-state index contributed by atoms with van der Waals surface area (Å²) in [7, 11) is 0. The average molecular weight is 204 g/mol. The van der Waals surface area contributed by atoms with E-state index in [1.165, 1.54) is 16.6 Å². The lowest BCUT2D eigenvalue weighted by Crippen LogP contribution is -1.90. The van der Waals surface area contributed by atoms with E-state index in [-0.39, 0.29) is 1.43 Å². The molecule has 2 rings (SSSR count). The van der Waals surface area contributed by atoms with Crippen molar-refractivity contribution in [2.24, 2.45) is 0 Å².